The average Bonchev–Trinajstić information content (AvgIpc) is 2.94. The summed E-state index contributed by atoms with van der Waals surface area (Å²) in [4.78, 5) is 24.5. The van der Waals surface area contributed by atoms with Gasteiger partial charge >= 0.3 is 5.97 Å². The fourth-order valence-electron chi connectivity index (χ4n) is 2.52. The average molecular weight is 307 g/mol. The molecule has 2 aliphatic heterocycles. The van der Waals surface area contributed by atoms with E-state index in [9.17, 15) is 18.0 Å². The molecule has 2 fully saturated rings. The van der Waals surface area contributed by atoms with E-state index in [-0.39, 0.29) is 23.3 Å². The molecule has 1 N–H and O–H groups in total. The zero-order valence-corrected chi connectivity index (χ0v) is 12.1. The van der Waals surface area contributed by atoms with Crippen LogP contribution < -0.4 is 0 Å². The molecule has 0 bridgehead atoms. The van der Waals surface area contributed by atoms with Gasteiger partial charge in [0.2, 0.25) is 5.91 Å². The molecule has 19 heavy (non-hydrogen) atoms. The predicted molar refractivity (Wildman–Crippen MR) is 71.8 cm³/mol. The van der Waals surface area contributed by atoms with Crippen LogP contribution in [0.25, 0.3) is 0 Å². The number of hydrogen-bond donors (Lipinski definition) is 1. The first-order valence-electron chi connectivity index (χ1n) is 6.19. The van der Waals surface area contributed by atoms with Crippen LogP contribution in [0, 0.1) is 5.92 Å². The lowest BCUT2D eigenvalue weighted by Crippen LogP contribution is -2.47. The molecule has 0 aromatic rings. The van der Waals surface area contributed by atoms with E-state index >= 15 is 0 Å². The molecule has 8 heteroatoms. The van der Waals surface area contributed by atoms with Gasteiger partial charge in [-0.1, -0.05) is 0 Å². The van der Waals surface area contributed by atoms with Crippen LogP contribution in [0.1, 0.15) is 12.8 Å². The molecule has 0 aromatic carbocycles. The Morgan fingerprint density at radius 1 is 1.32 bits per heavy atom. The van der Waals surface area contributed by atoms with Crippen molar-refractivity contribution in [2.45, 2.75) is 18.9 Å². The number of carboxylic acid groups (broad SMARTS) is 1. The molecular weight excluding hydrogens is 290 g/mol. The van der Waals surface area contributed by atoms with E-state index in [0.717, 1.165) is 12.2 Å². The number of aliphatic carboxylic acids is 1. The monoisotopic (exact) mass is 307 g/mol. The van der Waals surface area contributed by atoms with Gasteiger partial charge in [0.1, 0.15) is 6.54 Å². The molecule has 0 spiro atoms. The summed E-state index contributed by atoms with van der Waals surface area (Å²) in [6.45, 7) is -0.403. The summed E-state index contributed by atoms with van der Waals surface area (Å²) in [5, 5.41) is 8.92. The lowest BCUT2D eigenvalue weighted by atomic mass is 10.1. The molecular formula is C11H17NO5S2. The number of carboxylic acids is 1. The standard InChI is InChI=1S/C11H17NO5S2/c13-10(14)5-12(9-2-4-19(16,17)7-9)11(15)8-1-3-18-6-8/h8-9H,1-7H2,(H,13,14). The highest BCUT2D eigenvalue weighted by Crippen LogP contribution is 2.27. The number of sulfone groups is 1. The zero-order valence-electron chi connectivity index (χ0n) is 10.4. The van der Waals surface area contributed by atoms with Gasteiger partial charge in [-0.2, -0.15) is 11.8 Å². The number of rotatable bonds is 4. The number of amides is 1. The lowest BCUT2D eigenvalue weighted by Gasteiger charge is -2.28. The van der Waals surface area contributed by atoms with Crippen molar-refractivity contribution in [3.63, 3.8) is 0 Å². The van der Waals surface area contributed by atoms with Crippen molar-refractivity contribution in [1.29, 1.82) is 0 Å². The minimum absolute atomic E-state index is 0.0421. The maximum atomic E-state index is 12.3. The molecule has 2 aliphatic rings. The number of thioether (sulfide) groups is 1. The van der Waals surface area contributed by atoms with Gasteiger partial charge < -0.3 is 10.0 Å². The van der Waals surface area contributed by atoms with E-state index in [1.165, 1.54) is 4.90 Å². The molecule has 0 aromatic heterocycles. The lowest BCUT2D eigenvalue weighted by molar-refractivity contribution is -0.147. The zero-order chi connectivity index (χ0) is 14.0. The van der Waals surface area contributed by atoms with Crippen molar-refractivity contribution in [3.8, 4) is 0 Å². The molecule has 0 aliphatic carbocycles. The van der Waals surface area contributed by atoms with Gasteiger partial charge in [-0.25, -0.2) is 8.42 Å². The minimum atomic E-state index is -3.13. The van der Waals surface area contributed by atoms with Gasteiger partial charge in [-0.3, -0.25) is 9.59 Å². The minimum Gasteiger partial charge on any atom is -0.480 e. The van der Waals surface area contributed by atoms with Crippen molar-refractivity contribution >= 4 is 33.5 Å². The third-order valence-corrected chi connectivity index (χ3v) is 6.43. The van der Waals surface area contributed by atoms with Crippen LogP contribution in [0.15, 0.2) is 0 Å². The summed E-state index contributed by atoms with van der Waals surface area (Å²) in [6, 6.07) is -0.473. The molecule has 2 rings (SSSR count). The molecule has 6 nitrogen and oxygen atoms in total. The normalized spacial score (nSPS) is 29.3. The number of carbonyl (C=O) groups is 2. The van der Waals surface area contributed by atoms with E-state index in [2.05, 4.69) is 0 Å². The molecule has 2 heterocycles. The summed E-state index contributed by atoms with van der Waals surface area (Å²) in [5.74, 6) is 0.0894. The van der Waals surface area contributed by atoms with Gasteiger partial charge in [-0.15, -0.1) is 0 Å². The summed E-state index contributed by atoms with van der Waals surface area (Å²) in [7, 11) is -3.13. The third kappa shape index (κ3) is 3.62. The maximum Gasteiger partial charge on any atom is 0.323 e. The van der Waals surface area contributed by atoms with E-state index in [1.54, 1.807) is 11.8 Å². The van der Waals surface area contributed by atoms with Gasteiger partial charge in [0.15, 0.2) is 9.84 Å². The van der Waals surface area contributed by atoms with Crippen LogP contribution in [0.3, 0.4) is 0 Å². The Balaban J connectivity index is 2.11. The smallest absolute Gasteiger partial charge is 0.323 e. The fraction of sp³-hybridized carbons (Fsp3) is 0.818. The first kappa shape index (κ1) is 14.6. The highest BCUT2D eigenvalue weighted by atomic mass is 32.2. The summed E-state index contributed by atoms with van der Waals surface area (Å²) < 4.78 is 23.0. The van der Waals surface area contributed by atoms with Crippen molar-refractivity contribution in [3.05, 3.63) is 0 Å². The van der Waals surface area contributed by atoms with Gasteiger partial charge in [0.25, 0.3) is 0 Å². The molecule has 108 valence electrons. The Labute approximate surface area is 116 Å². The Morgan fingerprint density at radius 3 is 2.53 bits per heavy atom. The summed E-state index contributed by atoms with van der Waals surface area (Å²) >= 11 is 1.68. The highest BCUT2D eigenvalue weighted by molar-refractivity contribution is 7.99. The molecule has 0 radical (unpaired) electrons. The Morgan fingerprint density at radius 2 is 2.05 bits per heavy atom. The number of carbonyl (C=O) groups excluding carboxylic acids is 1. The Bertz CT molecular complexity index is 469. The van der Waals surface area contributed by atoms with Crippen molar-refractivity contribution in [2.75, 3.05) is 29.6 Å². The van der Waals surface area contributed by atoms with Crippen LogP contribution in [-0.2, 0) is 19.4 Å². The van der Waals surface area contributed by atoms with Crippen molar-refractivity contribution in [1.82, 2.24) is 4.90 Å². The SMILES string of the molecule is O=C(O)CN(C(=O)C1CCSC1)C1CCS(=O)(=O)C1. The molecule has 0 saturated carbocycles. The van der Waals surface area contributed by atoms with E-state index in [0.29, 0.717) is 12.2 Å². The van der Waals surface area contributed by atoms with Gasteiger partial charge in [0, 0.05) is 17.7 Å². The van der Waals surface area contributed by atoms with Crippen LogP contribution in [0.4, 0.5) is 0 Å². The number of nitrogens with zero attached hydrogens (tertiary/aromatic N) is 1. The topological polar surface area (TPSA) is 91.8 Å². The van der Waals surface area contributed by atoms with E-state index < -0.39 is 28.4 Å². The predicted octanol–water partition coefficient (Wildman–Crippen LogP) is -0.160. The van der Waals surface area contributed by atoms with Crippen molar-refractivity contribution < 1.29 is 23.1 Å². The molecule has 2 saturated heterocycles. The summed E-state index contributed by atoms with van der Waals surface area (Å²) in [6.07, 6.45) is 1.10. The summed E-state index contributed by atoms with van der Waals surface area (Å²) in [5.41, 5.74) is 0. The van der Waals surface area contributed by atoms with Gasteiger partial charge in [-0.05, 0) is 18.6 Å². The molecule has 2 atom stereocenters. The highest BCUT2D eigenvalue weighted by Gasteiger charge is 2.38. The van der Waals surface area contributed by atoms with Crippen LogP contribution in [0.5, 0.6) is 0 Å². The Kier molecular flexibility index (Phi) is 4.39. The first-order valence-corrected chi connectivity index (χ1v) is 9.17. The second-order valence-corrected chi connectivity index (χ2v) is 8.36. The Hall–Kier alpha value is -0.760. The van der Waals surface area contributed by atoms with Crippen molar-refractivity contribution in [2.24, 2.45) is 5.92 Å². The van der Waals surface area contributed by atoms with E-state index in [4.69, 9.17) is 5.11 Å². The number of hydrogen-bond acceptors (Lipinski definition) is 5. The van der Waals surface area contributed by atoms with Crippen LogP contribution in [0.2, 0.25) is 0 Å². The molecule has 1 amide bonds. The van der Waals surface area contributed by atoms with E-state index in [1.807, 2.05) is 0 Å². The van der Waals surface area contributed by atoms with Crippen LogP contribution >= 0.6 is 11.8 Å². The largest absolute Gasteiger partial charge is 0.480 e. The second-order valence-electron chi connectivity index (χ2n) is 4.98. The quantitative estimate of drug-likeness (QED) is 0.776. The third-order valence-electron chi connectivity index (χ3n) is 3.52. The first-order chi connectivity index (χ1) is 8.89. The molecule has 2 unspecified atom stereocenters. The maximum absolute atomic E-state index is 12.3. The van der Waals surface area contributed by atoms with Crippen LogP contribution in [-0.4, -0.2) is 65.9 Å². The van der Waals surface area contributed by atoms with Gasteiger partial charge in [0.05, 0.1) is 11.5 Å². The second kappa shape index (κ2) is 5.70. The fourth-order valence-corrected chi connectivity index (χ4v) is 5.46.